The van der Waals surface area contributed by atoms with Crippen LogP contribution in [0.5, 0.6) is 0 Å². The average molecular weight is 276 g/mol. The van der Waals surface area contributed by atoms with Gasteiger partial charge in [-0.25, -0.2) is 0 Å². The Morgan fingerprint density at radius 2 is 1.71 bits per heavy atom. The molecule has 0 saturated heterocycles. The molecule has 2 nitrogen and oxygen atoms in total. The van der Waals surface area contributed by atoms with Gasteiger partial charge in [0, 0.05) is 0 Å². The maximum absolute atomic E-state index is 10.6. The molecule has 0 amide bonds. The molecular weight excluding hydrogens is 260 g/mol. The zero-order chi connectivity index (χ0) is 14.6. The quantitative estimate of drug-likeness (QED) is 0.616. The molecule has 0 heterocycles. The van der Waals surface area contributed by atoms with Crippen molar-refractivity contribution in [3.63, 3.8) is 0 Å². The van der Waals surface area contributed by atoms with Gasteiger partial charge < -0.3 is 10.2 Å². The predicted molar refractivity (Wildman–Crippen MR) is 86.1 cm³/mol. The van der Waals surface area contributed by atoms with E-state index in [-0.39, 0.29) is 0 Å². The molecule has 3 aromatic rings. The molecule has 0 radical (unpaired) electrons. The van der Waals surface area contributed by atoms with Crippen molar-refractivity contribution in [1.29, 1.82) is 0 Å². The highest BCUT2D eigenvalue weighted by atomic mass is 16.3. The summed E-state index contributed by atoms with van der Waals surface area (Å²) >= 11 is 0. The summed E-state index contributed by atoms with van der Waals surface area (Å²) in [7, 11) is 0. The van der Waals surface area contributed by atoms with Crippen molar-refractivity contribution in [2.75, 3.05) is 0 Å². The molecular formula is C19H16O2. The molecule has 0 saturated carbocycles. The molecule has 0 spiro atoms. The molecule has 2 atom stereocenters. The Balaban J connectivity index is 2.13. The SMILES string of the molecule is C[C@@]1(O)c2cc3c(ccc4ccccc43)cc2C=C[C@H]1O. The number of aliphatic hydroxyl groups excluding tert-OH is 1. The topological polar surface area (TPSA) is 40.5 Å². The highest BCUT2D eigenvalue weighted by molar-refractivity contribution is 6.08. The van der Waals surface area contributed by atoms with Crippen LogP contribution in [0.25, 0.3) is 27.6 Å². The van der Waals surface area contributed by atoms with Gasteiger partial charge >= 0.3 is 0 Å². The van der Waals surface area contributed by atoms with E-state index in [1.165, 1.54) is 5.39 Å². The Kier molecular flexibility index (Phi) is 2.49. The zero-order valence-corrected chi connectivity index (χ0v) is 11.7. The normalized spacial score (nSPS) is 24.4. The van der Waals surface area contributed by atoms with Gasteiger partial charge in [-0.2, -0.15) is 0 Å². The lowest BCUT2D eigenvalue weighted by Crippen LogP contribution is -2.37. The molecule has 2 N–H and O–H groups in total. The van der Waals surface area contributed by atoms with Crippen molar-refractivity contribution in [1.82, 2.24) is 0 Å². The van der Waals surface area contributed by atoms with Crippen molar-refractivity contribution in [2.24, 2.45) is 0 Å². The Bertz CT molecular complexity index is 891. The van der Waals surface area contributed by atoms with E-state index in [1.54, 1.807) is 13.0 Å². The minimum atomic E-state index is -1.25. The minimum Gasteiger partial charge on any atom is -0.386 e. The third kappa shape index (κ3) is 1.73. The number of aliphatic hydroxyl groups is 2. The second-order valence-electron chi connectivity index (χ2n) is 5.90. The summed E-state index contributed by atoms with van der Waals surface area (Å²) in [5.41, 5.74) is 0.490. The van der Waals surface area contributed by atoms with Crippen LogP contribution in [0, 0.1) is 0 Å². The fourth-order valence-corrected chi connectivity index (χ4v) is 3.19. The highest BCUT2D eigenvalue weighted by Gasteiger charge is 2.35. The summed E-state index contributed by atoms with van der Waals surface area (Å²) in [4.78, 5) is 0. The van der Waals surface area contributed by atoms with Gasteiger partial charge in [0.2, 0.25) is 0 Å². The van der Waals surface area contributed by atoms with Crippen LogP contribution in [0.15, 0.2) is 54.6 Å². The summed E-state index contributed by atoms with van der Waals surface area (Å²) in [6, 6.07) is 16.5. The van der Waals surface area contributed by atoms with Crippen LogP contribution in [0.3, 0.4) is 0 Å². The first kappa shape index (κ1) is 12.6. The first-order chi connectivity index (χ1) is 10.1. The van der Waals surface area contributed by atoms with Crippen LogP contribution in [-0.2, 0) is 5.60 Å². The van der Waals surface area contributed by atoms with Gasteiger partial charge in [-0.05, 0) is 51.7 Å². The van der Waals surface area contributed by atoms with Gasteiger partial charge in [0.15, 0.2) is 0 Å². The summed E-state index contributed by atoms with van der Waals surface area (Å²) in [5, 5.41) is 25.2. The Morgan fingerprint density at radius 1 is 0.952 bits per heavy atom. The molecule has 1 aliphatic rings. The van der Waals surface area contributed by atoms with Crippen molar-refractivity contribution < 1.29 is 10.2 Å². The second kappa shape index (κ2) is 4.17. The molecule has 0 fully saturated rings. The van der Waals surface area contributed by atoms with E-state index in [4.69, 9.17) is 0 Å². The first-order valence-electron chi connectivity index (χ1n) is 7.12. The van der Waals surface area contributed by atoms with Crippen LogP contribution >= 0.6 is 0 Å². The predicted octanol–water partition coefficient (Wildman–Crippen LogP) is 3.59. The number of hydrogen-bond acceptors (Lipinski definition) is 2. The number of rotatable bonds is 0. The molecule has 0 aromatic heterocycles. The van der Waals surface area contributed by atoms with Crippen LogP contribution in [0.2, 0.25) is 0 Å². The minimum absolute atomic E-state index is 0.779. The summed E-state index contributed by atoms with van der Waals surface area (Å²) < 4.78 is 0. The lowest BCUT2D eigenvalue weighted by Gasteiger charge is -2.32. The maximum Gasteiger partial charge on any atom is 0.117 e. The highest BCUT2D eigenvalue weighted by Crippen LogP contribution is 2.37. The summed E-state index contributed by atoms with van der Waals surface area (Å²) in [6.45, 7) is 1.66. The van der Waals surface area contributed by atoms with E-state index in [0.29, 0.717) is 0 Å². The molecule has 0 aliphatic heterocycles. The number of hydrogen-bond donors (Lipinski definition) is 2. The van der Waals surface area contributed by atoms with Crippen LogP contribution in [0.1, 0.15) is 18.1 Å². The van der Waals surface area contributed by atoms with Crippen molar-refractivity contribution in [3.05, 3.63) is 65.7 Å². The largest absolute Gasteiger partial charge is 0.386 e. The van der Waals surface area contributed by atoms with E-state index >= 15 is 0 Å². The molecule has 4 rings (SSSR count). The number of benzene rings is 3. The van der Waals surface area contributed by atoms with Gasteiger partial charge in [-0.3, -0.25) is 0 Å². The lowest BCUT2D eigenvalue weighted by atomic mass is 9.80. The Hall–Kier alpha value is -2.16. The van der Waals surface area contributed by atoms with E-state index in [1.807, 2.05) is 24.3 Å². The molecule has 1 aliphatic carbocycles. The van der Waals surface area contributed by atoms with Crippen molar-refractivity contribution >= 4 is 27.6 Å². The molecule has 21 heavy (non-hydrogen) atoms. The van der Waals surface area contributed by atoms with Gasteiger partial charge in [-0.1, -0.05) is 48.6 Å². The molecule has 0 bridgehead atoms. The standard InChI is InChI=1S/C19H16O2/c1-19(21)17-11-16-13(10-14(17)8-9-18(19)20)7-6-12-4-2-3-5-15(12)16/h2-11,18,20-21H,1H3/t18-,19-/m1/s1. The molecule has 0 unspecified atom stereocenters. The van der Waals surface area contributed by atoms with Gasteiger partial charge in [0.25, 0.3) is 0 Å². The average Bonchev–Trinajstić information content (AvgIpc) is 2.50. The molecule has 3 aromatic carbocycles. The maximum atomic E-state index is 10.6. The number of fused-ring (bicyclic) bond motifs is 4. The van der Waals surface area contributed by atoms with E-state index in [0.717, 1.165) is 27.3 Å². The van der Waals surface area contributed by atoms with E-state index < -0.39 is 11.7 Å². The van der Waals surface area contributed by atoms with Crippen molar-refractivity contribution in [3.8, 4) is 0 Å². The Morgan fingerprint density at radius 3 is 2.57 bits per heavy atom. The third-order valence-electron chi connectivity index (χ3n) is 4.49. The van der Waals surface area contributed by atoms with E-state index in [2.05, 4.69) is 30.3 Å². The monoisotopic (exact) mass is 276 g/mol. The van der Waals surface area contributed by atoms with Crippen LogP contribution in [0.4, 0.5) is 0 Å². The summed E-state index contributed by atoms with van der Waals surface area (Å²) in [5.74, 6) is 0. The third-order valence-corrected chi connectivity index (χ3v) is 4.49. The second-order valence-corrected chi connectivity index (χ2v) is 5.90. The Labute approximate surface area is 123 Å². The first-order valence-corrected chi connectivity index (χ1v) is 7.12. The lowest BCUT2D eigenvalue weighted by molar-refractivity contribution is -0.0435. The van der Waals surface area contributed by atoms with Crippen molar-refractivity contribution in [2.45, 2.75) is 18.6 Å². The zero-order valence-electron chi connectivity index (χ0n) is 11.7. The summed E-state index contributed by atoms with van der Waals surface area (Å²) in [6.07, 6.45) is 2.65. The van der Waals surface area contributed by atoms with Gasteiger partial charge in [0.05, 0.1) is 0 Å². The fraction of sp³-hybridized carbons (Fsp3) is 0.158. The molecule has 2 heteroatoms. The van der Waals surface area contributed by atoms with Gasteiger partial charge in [0.1, 0.15) is 11.7 Å². The van der Waals surface area contributed by atoms with Crippen LogP contribution in [-0.4, -0.2) is 16.3 Å². The molecule has 104 valence electrons. The van der Waals surface area contributed by atoms with E-state index in [9.17, 15) is 10.2 Å². The smallest absolute Gasteiger partial charge is 0.117 e. The fourth-order valence-electron chi connectivity index (χ4n) is 3.19. The van der Waals surface area contributed by atoms with Crippen LogP contribution < -0.4 is 0 Å². The van der Waals surface area contributed by atoms with Gasteiger partial charge in [-0.15, -0.1) is 0 Å².